The fourth-order valence-corrected chi connectivity index (χ4v) is 3.57. The molecule has 0 saturated heterocycles. The molecule has 3 rings (SSSR count). The number of ether oxygens (including phenoxy) is 2. The van der Waals surface area contributed by atoms with Crippen LogP contribution in [0.5, 0.6) is 11.5 Å². The lowest BCUT2D eigenvalue weighted by Gasteiger charge is -2.14. The van der Waals surface area contributed by atoms with Crippen molar-refractivity contribution < 1.29 is 18.8 Å². The highest BCUT2D eigenvalue weighted by atomic mass is 35.5. The molecule has 146 valence electrons. The smallest absolute Gasteiger partial charge is 0.258 e. The van der Waals surface area contributed by atoms with Gasteiger partial charge in [-0.15, -0.1) is 0 Å². The van der Waals surface area contributed by atoms with Gasteiger partial charge in [0.2, 0.25) is 0 Å². The summed E-state index contributed by atoms with van der Waals surface area (Å²) in [5, 5.41) is 7.72. The predicted octanol–water partition coefficient (Wildman–Crippen LogP) is 4.59. The van der Waals surface area contributed by atoms with Crippen LogP contribution >= 0.6 is 23.4 Å². The maximum Gasteiger partial charge on any atom is 0.258 e. The Morgan fingerprint density at radius 1 is 1.25 bits per heavy atom. The highest BCUT2D eigenvalue weighted by molar-refractivity contribution is 7.98. The van der Waals surface area contributed by atoms with E-state index in [1.807, 2.05) is 13.0 Å². The second-order valence-corrected chi connectivity index (χ2v) is 7.09. The molecule has 0 fully saturated rings. The molecule has 0 unspecified atom stereocenters. The van der Waals surface area contributed by atoms with Crippen molar-refractivity contribution in [2.24, 2.45) is 0 Å². The van der Waals surface area contributed by atoms with Gasteiger partial charge in [-0.2, -0.15) is 0 Å². The third-order valence-electron chi connectivity index (χ3n) is 3.77. The average Bonchev–Trinajstić information content (AvgIpc) is 3.12. The summed E-state index contributed by atoms with van der Waals surface area (Å²) < 4.78 is 15.6. The third-order valence-corrected chi connectivity index (χ3v) is 5.11. The zero-order chi connectivity index (χ0) is 20.1. The Hall–Kier alpha value is -2.71. The monoisotopic (exact) mass is 419 g/mol. The van der Waals surface area contributed by atoms with Crippen LogP contribution in [-0.4, -0.2) is 30.3 Å². The maximum atomic E-state index is 12.9. The standard InChI is InChI=1S/C19H18ClN3O4S/c1-11-7-12(23-27-11)10-28-19-13(5-4-6-21-19)18(24)22-15-8-14(20)16(25-2)9-17(15)26-3/h4-9H,10H2,1-3H3,(H,22,24). The van der Waals surface area contributed by atoms with E-state index in [-0.39, 0.29) is 5.91 Å². The molecule has 1 N–H and O–H groups in total. The molecule has 1 amide bonds. The van der Waals surface area contributed by atoms with Crippen molar-refractivity contribution in [3.05, 3.63) is 58.6 Å². The lowest BCUT2D eigenvalue weighted by atomic mass is 10.2. The summed E-state index contributed by atoms with van der Waals surface area (Å²) in [6.07, 6.45) is 1.64. The first-order chi connectivity index (χ1) is 13.5. The largest absolute Gasteiger partial charge is 0.495 e. The van der Waals surface area contributed by atoms with Crippen molar-refractivity contribution in [1.82, 2.24) is 10.1 Å². The van der Waals surface area contributed by atoms with Gasteiger partial charge in [-0.25, -0.2) is 4.98 Å². The molecule has 0 aliphatic carbocycles. The molecule has 0 saturated carbocycles. The van der Waals surface area contributed by atoms with Crippen LogP contribution in [0.4, 0.5) is 5.69 Å². The summed E-state index contributed by atoms with van der Waals surface area (Å²) in [5.41, 5.74) is 1.65. The van der Waals surface area contributed by atoms with E-state index in [4.69, 9.17) is 25.6 Å². The summed E-state index contributed by atoms with van der Waals surface area (Å²) in [6, 6.07) is 8.45. The maximum absolute atomic E-state index is 12.9. The number of hydrogen-bond donors (Lipinski definition) is 1. The number of thioether (sulfide) groups is 1. The first-order valence-electron chi connectivity index (χ1n) is 8.24. The van der Waals surface area contributed by atoms with Gasteiger partial charge in [-0.3, -0.25) is 4.79 Å². The van der Waals surface area contributed by atoms with Crippen molar-refractivity contribution in [1.29, 1.82) is 0 Å². The van der Waals surface area contributed by atoms with Crippen LogP contribution in [0.15, 0.2) is 46.1 Å². The number of rotatable bonds is 7. The van der Waals surface area contributed by atoms with Crippen LogP contribution in [0.3, 0.4) is 0 Å². The molecule has 2 aromatic heterocycles. The van der Waals surface area contributed by atoms with Gasteiger partial charge in [0.05, 0.1) is 36.2 Å². The summed E-state index contributed by atoms with van der Waals surface area (Å²) in [7, 11) is 3.01. The van der Waals surface area contributed by atoms with Crippen molar-refractivity contribution in [2.75, 3.05) is 19.5 Å². The summed E-state index contributed by atoms with van der Waals surface area (Å²) in [6.45, 7) is 1.83. The number of aromatic nitrogens is 2. The van der Waals surface area contributed by atoms with E-state index in [2.05, 4.69) is 15.5 Å². The van der Waals surface area contributed by atoms with E-state index >= 15 is 0 Å². The summed E-state index contributed by atoms with van der Waals surface area (Å²) in [5.74, 6) is 1.83. The molecule has 1 aromatic carbocycles. The number of nitrogens with zero attached hydrogens (tertiary/aromatic N) is 2. The number of benzene rings is 1. The number of hydrogen-bond acceptors (Lipinski definition) is 7. The van der Waals surface area contributed by atoms with E-state index in [1.54, 1.807) is 30.5 Å². The Morgan fingerprint density at radius 3 is 2.71 bits per heavy atom. The highest BCUT2D eigenvalue weighted by Crippen LogP contribution is 2.36. The van der Waals surface area contributed by atoms with Crippen LogP contribution in [0.1, 0.15) is 21.8 Å². The van der Waals surface area contributed by atoms with Crippen LogP contribution < -0.4 is 14.8 Å². The van der Waals surface area contributed by atoms with Crippen molar-refractivity contribution in [2.45, 2.75) is 17.7 Å². The molecule has 28 heavy (non-hydrogen) atoms. The predicted molar refractivity (Wildman–Crippen MR) is 108 cm³/mol. The van der Waals surface area contributed by atoms with Crippen LogP contribution in [-0.2, 0) is 5.75 Å². The number of carbonyl (C=O) groups is 1. The molecule has 2 heterocycles. The van der Waals surface area contributed by atoms with E-state index < -0.39 is 0 Å². The fourth-order valence-electron chi connectivity index (χ4n) is 2.45. The van der Waals surface area contributed by atoms with Crippen molar-refractivity contribution in [3.8, 4) is 11.5 Å². The Balaban J connectivity index is 1.80. The van der Waals surface area contributed by atoms with Crippen LogP contribution in [0, 0.1) is 6.92 Å². The molecule has 0 bridgehead atoms. The molecule has 0 aliphatic rings. The molecule has 0 atom stereocenters. The Labute approximate surface area is 171 Å². The molecule has 7 nitrogen and oxygen atoms in total. The molecular weight excluding hydrogens is 402 g/mol. The number of aryl methyl sites for hydroxylation is 1. The van der Waals surface area contributed by atoms with E-state index in [0.717, 1.165) is 11.5 Å². The van der Waals surface area contributed by atoms with Gasteiger partial charge >= 0.3 is 0 Å². The fraction of sp³-hybridized carbons (Fsp3) is 0.211. The molecule has 3 aromatic rings. The zero-order valence-electron chi connectivity index (χ0n) is 15.5. The topological polar surface area (TPSA) is 86.5 Å². The molecule has 0 radical (unpaired) electrons. The second-order valence-electron chi connectivity index (χ2n) is 5.71. The van der Waals surface area contributed by atoms with E-state index in [1.165, 1.54) is 26.0 Å². The Kier molecular flexibility index (Phi) is 6.43. The first-order valence-corrected chi connectivity index (χ1v) is 9.61. The van der Waals surface area contributed by atoms with Crippen molar-refractivity contribution in [3.63, 3.8) is 0 Å². The van der Waals surface area contributed by atoms with Crippen LogP contribution in [0.25, 0.3) is 0 Å². The van der Waals surface area contributed by atoms with Crippen molar-refractivity contribution >= 4 is 35.0 Å². The quantitative estimate of drug-likeness (QED) is 0.560. The van der Waals surface area contributed by atoms with E-state index in [9.17, 15) is 4.79 Å². The zero-order valence-corrected chi connectivity index (χ0v) is 17.1. The number of pyridine rings is 1. The van der Waals surface area contributed by atoms with E-state index in [0.29, 0.717) is 38.6 Å². The number of methoxy groups -OCH3 is 2. The van der Waals surface area contributed by atoms with Gasteiger partial charge in [-0.1, -0.05) is 28.5 Å². The Bertz CT molecular complexity index is 993. The van der Waals surface area contributed by atoms with Gasteiger partial charge in [0.15, 0.2) is 0 Å². The van der Waals surface area contributed by atoms with Crippen LogP contribution in [0.2, 0.25) is 5.02 Å². The van der Waals surface area contributed by atoms with Gasteiger partial charge in [0.1, 0.15) is 22.3 Å². The summed E-state index contributed by atoms with van der Waals surface area (Å²) >= 11 is 7.57. The van der Waals surface area contributed by atoms with Gasteiger partial charge in [-0.05, 0) is 25.1 Å². The molecule has 0 aliphatic heterocycles. The first kappa shape index (κ1) is 20.0. The molecular formula is C19H18ClN3O4S. The number of amides is 1. The number of halogens is 1. The minimum atomic E-state index is -0.327. The molecule has 0 spiro atoms. The van der Waals surface area contributed by atoms with Gasteiger partial charge < -0.3 is 19.3 Å². The SMILES string of the molecule is COc1cc(OC)c(NC(=O)c2cccnc2SCc2cc(C)on2)cc1Cl. The highest BCUT2D eigenvalue weighted by Gasteiger charge is 2.17. The number of nitrogens with one attached hydrogen (secondary N) is 1. The number of carbonyl (C=O) groups excluding carboxylic acids is 1. The summed E-state index contributed by atoms with van der Waals surface area (Å²) in [4.78, 5) is 17.2. The molecule has 9 heteroatoms. The minimum Gasteiger partial charge on any atom is -0.495 e. The lowest BCUT2D eigenvalue weighted by Crippen LogP contribution is -2.14. The second kappa shape index (κ2) is 8.99. The normalized spacial score (nSPS) is 10.6. The van der Waals surface area contributed by atoms with Gasteiger partial charge in [0, 0.05) is 24.1 Å². The van der Waals surface area contributed by atoms with Gasteiger partial charge in [0.25, 0.3) is 5.91 Å². The Morgan fingerprint density at radius 2 is 2.04 bits per heavy atom. The number of anilines is 1. The average molecular weight is 420 g/mol. The minimum absolute atomic E-state index is 0.327. The third kappa shape index (κ3) is 4.58. The lowest BCUT2D eigenvalue weighted by molar-refractivity contribution is 0.102.